The molecule has 0 spiro atoms. The molecule has 7 heterocycles. The number of aromatic nitrogens is 2. The maximum absolute atomic E-state index is 15.1. The minimum Gasteiger partial charge on any atom is -0.486 e. The van der Waals surface area contributed by atoms with Crippen LogP contribution in [0.3, 0.4) is 0 Å². The molecule has 7 atom stereocenters. The van der Waals surface area contributed by atoms with Gasteiger partial charge in [0.2, 0.25) is 5.91 Å². The fourth-order valence-electron chi connectivity index (χ4n) is 9.89. The van der Waals surface area contributed by atoms with Crippen LogP contribution in [0.25, 0.3) is 0 Å². The highest BCUT2D eigenvalue weighted by molar-refractivity contribution is 5.88. The molecule has 2 aromatic rings. The third-order valence-electron chi connectivity index (χ3n) is 12.6. The highest BCUT2D eigenvalue weighted by Crippen LogP contribution is 2.44. The van der Waals surface area contributed by atoms with E-state index in [9.17, 15) is 15.2 Å². The lowest BCUT2D eigenvalue weighted by atomic mass is 9.86. The van der Waals surface area contributed by atoms with Crippen molar-refractivity contribution in [1.29, 1.82) is 5.26 Å². The van der Waals surface area contributed by atoms with Crippen LogP contribution < -0.4 is 19.3 Å². The molecule has 12 nitrogen and oxygen atoms in total. The van der Waals surface area contributed by atoms with Crippen molar-refractivity contribution in [1.82, 2.24) is 19.8 Å². The molecule has 8 rings (SSSR count). The van der Waals surface area contributed by atoms with E-state index in [1.165, 1.54) is 12.1 Å². The molecule has 1 N–H and O–H groups in total. The number of fused-ring (bicyclic) bond motifs is 4. The van der Waals surface area contributed by atoms with Gasteiger partial charge in [-0.1, -0.05) is 18.6 Å². The van der Waals surface area contributed by atoms with Gasteiger partial charge in [0.15, 0.2) is 11.6 Å². The number of amides is 1. The number of carbonyl (C=O) groups is 1. The standard InChI is InChI=1S/C41H49F2N7O5/c1-5-31-32(43)8-7-26-15-41(4,52)23-49(36(26)31)30-14-33-37(54-22-30)38(47-20-29-13-27(17-44)34(21-47)50(29)35(51)6-2)46-39(45-33)55-24-40(3)16-28(42)19-48(40)18-25-9-11-53-12-10-25/h1,6-8,25,27-30,34,52H,2,9-16,18-24H2,3-4H3/t27?,28-,29-,30+,34-,40+,41+/m1/s1. The normalized spacial score (nSPS) is 31.9. The van der Waals surface area contributed by atoms with E-state index >= 15 is 8.78 Å². The zero-order valence-electron chi connectivity index (χ0n) is 31.6. The number of alkyl halides is 1. The van der Waals surface area contributed by atoms with Crippen molar-refractivity contribution in [3.63, 3.8) is 0 Å². The number of rotatable bonds is 8. The number of aliphatic hydroxyl groups is 1. The van der Waals surface area contributed by atoms with Gasteiger partial charge in [-0.25, -0.2) is 8.78 Å². The predicted octanol–water partition coefficient (Wildman–Crippen LogP) is 3.44. The lowest BCUT2D eigenvalue weighted by Gasteiger charge is -2.46. The Morgan fingerprint density at radius 3 is 2.76 bits per heavy atom. The maximum Gasteiger partial charge on any atom is 0.318 e. The number of carbonyl (C=O) groups excluding carboxylic acids is 1. The van der Waals surface area contributed by atoms with Crippen LogP contribution in [0.15, 0.2) is 24.8 Å². The van der Waals surface area contributed by atoms with Gasteiger partial charge in [-0.2, -0.15) is 15.2 Å². The van der Waals surface area contributed by atoms with E-state index in [1.807, 2.05) is 16.7 Å². The van der Waals surface area contributed by atoms with E-state index in [1.54, 1.807) is 17.9 Å². The molecule has 1 aromatic heterocycles. The molecule has 0 radical (unpaired) electrons. The number of hydrogen-bond donors (Lipinski definition) is 1. The molecule has 292 valence electrons. The van der Waals surface area contributed by atoms with Gasteiger partial charge < -0.3 is 34.0 Å². The van der Waals surface area contributed by atoms with Gasteiger partial charge in [-0.05, 0) is 56.7 Å². The van der Waals surface area contributed by atoms with Crippen LogP contribution in [0.2, 0.25) is 0 Å². The molecule has 4 saturated heterocycles. The first-order valence-electron chi connectivity index (χ1n) is 19.4. The average molecular weight is 758 g/mol. The molecule has 4 fully saturated rings. The Morgan fingerprint density at radius 2 is 2.02 bits per heavy atom. The Hall–Kier alpha value is -4.50. The number of β-amino-alcohol motifs (C(OH)–C–C–N with tert-alkyl or cyclic N) is 1. The number of halogens is 2. The smallest absolute Gasteiger partial charge is 0.318 e. The van der Waals surface area contributed by atoms with E-state index in [-0.39, 0.29) is 61.3 Å². The number of anilines is 2. The lowest BCUT2D eigenvalue weighted by molar-refractivity contribution is -0.129. The van der Waals surface area contributed by atoms with E-state index in [4.69, 9.17) is 30.6 Å². The highest BCUT2D eigenvalue weighted by atomic mass is 19.1. The molecule has 2 bridgehead atoms. The Morgan fingerprint density at radius 1 is 1.22 bits per heavy atom. The van der Waals surface area contributed by atoms with E-state index in [0.717, 1.165) is 24.9 Å². The first kappa shape index (κ1) is 37.4. The number of nitrogens with zero attached hydrogens (tertiary/aromatic N) is 7. The number of terminal acetylenes is 1. The van der Waals surface area contributed by atoms with Crippen LogP contribution in [0.1, 0.15) is 56.4 Å². The van der Waals surface area contributed by atoms with Crippen LogP contribution in [0, 0.1) is 41.3 Å². The maximum atomic E-state index is 15.1. The Kier molecular flexibility index (Phi) is 9.89. The average Bonchev–Trinajstić information content (AvgIpc) is 3.58. The molecule has 0 aliphatic carbocycles. The SMILES string of the molecule is C#Cc1c(F)ccc2c1N([C@@H]1COc3c(nc(OC[C@]4(C)C[C@@H](F)CN4CC4CCOCC4)nc3N3C[C@H]4CC(C#N)[C@@H](C3)N4C(=O)C=C)C1)C[C@@](C)(O)C2. The molecule has 55 heavy (non-hydrogen) atoms. The van der Waals surface area contributed by atoms with Crippen molar-refractivity contribution >= 4 is 17.4 Å². The number of likely N-dealkylation sites (tertiary alicyclic amines) is 1. The molecule has 1 unspecified atom stereocenters. The van der Waals surface area contributed by atoms with Gasteiger partial charge in [0.25, 0.3) is 0 Å². The Labute approximate surface area is 321 Å². The van der Waals surface area contributed by atoms with Crippen LogP contribution in [-0.4, -0.2) is 125 Å². The van der Waals surface area contributed by atoms with E-state index in [0.29, 0.717) is 87.4 Å². The molecule has 0 saturated carbocycles. The number of nitriles is 1. The topological polar surface area (TPSA) is 128 Å². The fourth-order valence-corrected chi connectivity index (χ4v) is 9.89. The van der Waals surface area contributed by atoms with Crippen LogP contribution in [0.4, 0.5) is 20.3 Å². The zero-order valence-corrected chi connectivity index (χ0v) is 31.6. The summed E-state index contributed by atoms with van der Waals surface area (Å²) >= 11 is 0. The zero-order chi connectivity index (χ0) is 38.6. The summed E-state index contributed by atoms with van der Waals surface area (Å²) in [5, 5.41) is 21.4. The highest BCUT2D eigenvalue weighted by Gasteiger charge is 2.50. The summed E-state index contributed by atoms with van der Waals surface area (Å²) in [7, 11) is 0. The summed E-state index contributed by atoms with van der Waals surface area (Å²) in [5.74, 6) is 2.85. The van der Waals surface area contributed by atoms with Crippen LogP contribution in [0.5, 0.6) is 11.8 Å². The molecule has 6 aliphatic rings. The summed E-state index contributed by atoms with van der Waals surface area (Å²) in [4.78, 5) is 30.7. The summed E-state index contributed by atoms with van der Waals surface area (Å²) in [6, 6.07) is 4.55. The van der Waals surface area contributed by atoms with Crippen LogP contribution >= 0.6 is 0 Å². The second-order valence-corrected chi connectivity index (χ2v) is 16.7. The number of hydrogen-bond acceptors (Lipinski definition) is 11. The summed E-state index contributed by atoms with van der Waals surface area (Å²) < 4.78 is 48.8. The third kappa shape index (κ3) is 6.98. The largest absolute Gasteiger partial charge is 0.486 e. The van der Waals surface area contributed by atoms with Crippen molar-refractivity contribution in [2.75, 3.05) is 69.0 Å². The predicted molar refractivity (Wildman–Crippen MR) is 200 cm³/mol. The second-order valence-electron chi connectivity index (χ2n) is 16.7. The van der Waals surface area contributed by atoms with Gasteiger partial charge in [-0.3, -0.25) is 9.69 Å². The Balaban J connectivity index is 1.13. The van der Waals surface area contributed by atoms with Crippen LogP contribution in [-0.2, 0) is 22.4 Å². The van der Waals surface area contributed by atoms with Crippen molar-refractivity contribution in [2.24, 2.45) is 11.8 Å². The molecular formula is C41H49F2N7O5. The summed E-state index contributed by atoms with van der Waals surface area (Å²) in [6.45, 7) is 11.3. The number of ether oxygens (including phenoxy) is 3. The third-order valence-corrected chi connectivity index (χ3v) is 12.6. The monoisotopic (exact) mass is 757 g/mol. The minimum absolute atomic E-state index is 0.114. The summed E-state index contributed by atoms with van der Waals surface area (Å²) in [6.07, 6.45) is 9.56. The van der Waals surface area contributed by atoms with Gasteiger partial charge in [-0.15, -0.1) is 6.42 Å². The van der Waals surface area contributed by atoms with Crippen molar-refractivity contribution in [2.45, 2.75) is 87.8 Å². The van der Waals surface area contributed by atoms with Gasteiger partial charge in [0.05, 0.1) is 58.2 Å². The van der Waals surface area contributed by atoms with Crippen molar-refractivity contribution in [3.05, 3.63) is 47.4 Å². The number of benzene rings is 1. The van der Waals surface area contributed by atoms with E-state index < -0.39 is 23.1 Å². The summed E-state index contributed by atoms with van der Waals surface area (Å²) in [5.41, 5.74) is 0.322. The molecule has 14 heteroatoms. The number of piperazine rings is 1. The quantitative estimate of drug-likeness (QED) is 0.315. The van der Waals surface area contributed by atoms with E-state index in [2.05, 4.69) is 23.5 Å². The van der Waals surface area contributed by atoms with Gasteiger partial charge in [0, 0.05) is 65.2 Å². The molecule has 1 amide bonds. The molecule has 6 aliphatic heterocycles. The fraction of sp³-hybridized carbons (Fsp3) is 0.610. The van der Waals surface area contributed by atoms with Crippen molar-refractivity contribution < 1.29 is 32.9 Å². The first-order chi connectivity index (χ1) is 26.4. The van der Waals surface area contributed by atoms with Gasteiger partial charge >= 0.3 is 6.01 Å². The molecule has 1 aromatic carbocycles. The lowest BCUT2D eigenvalue weighted by Crippen LogP contribution is -2.57. The van der Waals surface area contributed by atoms with Gasteiger partial charge in [0.1, 0.15) is 25.2 Å². The minimum atomic E-state index is -1.11. The second kappa shape index (κ2) is 14.5. The van der Waals surface area contributed by atoms with Crippen molar-refractivity contribution in [3.8, 4) is 30.2 Å². The Bertz CT molecular complexity index is 1930. The first-order valence-corrected chi connectivity index (χ1v) is 19.4. The molecular weight excluding hydrogens is 708 g/mol.